The molecule has 0 saturated carbocycles. The lowest BCUT2D eigenvalue weighted by Crippen LogP contribution is -2.42. The van der Waals surface area contributed by atoms with Crippen molar-refractivity contribution in [2.24, 2.45) is 0 Å². The van der Waals surface area contributed by atoms with Crippen molar-refractivity contribution >= 4 is 17.6 Å². The Morgan fingerprint density at radius 3 is 2.05 bits per heavy atom. The Morgan fingerprint density at radius 1 is 1.14 bits per heavy atom. The van der Waals surface area contributed by atoms with Crippen LogP contribution in [0.15, 0.2) is 24.3 Å². The van der Waals surface area contributed by atoms with Crippen LogP contribution in [0.25, 0.3) is 0 Å². The van der Waals surface area contributed by atoms with E-state index in [1.165, 1.54) is 12.1 Å². The molecule has 0 spiro atoms. The highest BCUT2D eigenvalue weighted by Crippen LogP contribution is 2.19. The van der Waals surface area contributed by atoms with E-state index >= 15 is 0 Å². The summed E-state index contributed by atoms with van der Waals surface area (Å²) in [6, 6.07) is 5.87. The van der Waals surface area contributed by atoms with Gasteiger partial charge in [-0.2, -0.15) is 13.2 Å². The van der Waals surface area contributed by atoms with Crippen LogP contribution < -0.4 is 4.90 Å². The molecule has 5 nitrogen and oxygen atoms in total. The predicted octanol–water partition coefficient (Wildman–Crippen LogP) is 1.84. The first-order valence-electron chi connectivity index (χ1n) is 5.95. The van der Waals surface area contributed by atoms with Gasteiger partial charge in [0.2, 0.25) is 0 Å². The van der Waals surface area contributed by atoms with Gasteiger partial charge in [-0.05, 0) is 24.3 Å². The minimum absolute atomic E-state index is 0.00565. The molecule has 0 radical (unpaired) electrons. The van der Waals surface area contributed by atoms with Crippen molar-refractivity contribution in [1.29, 1.82) is 0 Å². The molecule has 1 amide bonds. The first-order valence-corrected chi connectivity index (χ1v) is 5.95. The second-order valence-electron chi connectivity index (χ2n) is 4.61. The molecule has 0 aliphatic rings. The lowest BCUT2D eigenvalue weighted by molar-refractivity contribution is -0.149. The molecule has 0 aliphatic carbocycles. The maximum atomic E-state index is 12.4. The van der Waals surface area contributed by atoms with Crippen LogP contribution in [0.2, 0.25) is 0 Å². The number of hydrogen-bond acceptors (Lipinski definition) is 3. The number of benzene rings is 1. The molecule has 0 heterocycles. The first kappa shape index (κ1) is 16.8. The molecule has 0 bridgehead atoms. The Bertz CT molecular complexity index is 512. The number of carbonyl (C=O) groups is 2. The lowest BCUT2D eigenvalue weighted by atomic mass is 10.1. The highest BCUT2D eigenvalue weighted by molar-refractivity contribution is 5.96. The lowest BCUT2D eigenvalue weighted by Gasteiger charge is -2.22. The largest absolute Gasteiger partial charge is 0.480 e. The molecule has 21 heavy (non-hydrogen) atoms. The van der Waals surface area contributed by atoms with E-state index in [1.54, 1.807) is 31.1 Å². The Morgan fingerprint density at radius 2 is 1.67 bits per heavy atom. The highest BCUT2D eigenvalue weighted by Gasteiger charge is 2.34. The minimum Gasteiger partial charge on any atom is -0.480 e. The smallest absolute Gasteiger partial charge is 0.406 e. The summed E-state index contributed by atoms with van der Waals surface area (Å²) in [6.07, 6.45) is -4.66. The van der Waals surface area contributed by atoms with Gasteiger partial charge in [-0.1, -0.05) is 0 Å². The van der Waals surface area contributed by atoms with Crippen molar-refractivity contribution in [1.82, 2.24) is 4.90 Å². The Balaban J connectivity index is 2.96. The van der Waals surface area contributed by atoms with E-state index in [0.717, 1.165) is 5.69 Å². The van der Waals surface area contributed by atoms with Crippen LogP contribution in [0, 0.1) is 0 Å². The van der Waals surface area contributed by atoms with Crippen LogP contribution in [0.4, 0.5) is 18.9 Å². The van der Waals surface area contributed by atoms with E-state index in [1.807, 2.05) is 0 Å². The van der Waals surface area contributed by atoms with Crippen LogP contribution in [0.5, 0.6) is 0 Å². The van der Waals surface area contributed by atoms with E-state index in [9.17, 15) is 22.8 Å². The van der Waals surface area contributed by atoms with Crippen molar-refractivity contribution in [3.8, 4) is 0 Å². The van der Waals surface area contributed by atoms with Crippen molar-refractivity contribution in [3.05, 3.63) is 29.8 Å². The number of carbonyl (C=O) groups excluding carboxylic acids is 1. The zero-order valence-electron chi connectivity index (χ0n) is 11.5. The van der Waals surface area contributed by atoms with E-state index in [-0.39, 0.29) is 10.5 Å². The molecule has 1 aromatic rings. The fourth-order valence-electron chi connectivity index (χ4n) is 1.66. The second-order valence-corrected chi connectivity index (χ2v) is 4.61. The summed E-state index contributed by atoms with van der Waals surface area (Å²) >= 11 is 0. The fourth-order valence-corrected chi connectivity index (χ4v) is 1.66. The molecule has 0 aromatic heterocycles. The van der Waals surface area contributed by atoms with Gasteiger partial charge in [-0.15, -0.1) is 0 Å². The molecule has 1 N–H and O–H groups in total. The first-order chi connectivity index (χ1) is 9.60. The van der Waals surface area contributed by atoms with Gasteiger partial charge >= 0.3 is 12.1 Å². The van der Waals surface area contributed by atoms with Crippen molar-refractivity contribution in [3.63, 3.8) is 0 Å². The molecule has 0 saturated heterocycles. The Labute approximate surface area is 119 Å². The summed E-state index contributed by atoms with van der Waals surface area (Å²) < 4.78 is 37.2. The molecule has 116 valence electrons. The minimum atomic E-state index is -4.66. The number of carboxylic acids is 1. The summed E-state index contributed by atoms with van der Waals surface area (Å²) in [7, 11) is 3.55. The van der Waals surface area contributed by atoms with Crippen molar-refractivity contribution < 1.29 is 27.9 Å². The number of alkyl halides is 3. The number of rotatable bonds is 5. The van der Waals surface area contributed by atoms with Crippen LogP contribution >= 0.6 is 0 Å². The van der Waals surface area contributed by atoms with Gasteiger partial charge in [0.15, 0.2) is 0 Å². The third-order valence-corrected chi connectivity index (χ3v) is 2.61. The standard InChI is InChI=1S/C13H15F3N2O3/c1-17(2)10-5-3-9(4-6-10)12(21)18(7-11(19)20)8-13(14,15)16/h3-6H,7-8H2,1-2H3,(H,19,20). The van der Waals surface area contributed by atoms with Gasteiger partial charge in [0.05, 0.1) is 0 Å². The van der Waals surface area contributed by atoms with Crippen LogP contribution in [-0.4, -0.2) is 55.2 Å². The topological polar surface area (TPSA) is 60.9 Å². The number of carboxylic acid groups (broad SMARTS) is 1. The Kier molecular flexibility index (Phi) is 5.17. The molecule has 0 aliphatic heterocycles. The number of amides is 1. The quantitative estimate of drug-likeness (QED) is 0.902. The Hall–Kier alpha value is -2.25. The van der Waals surface area contributed by atoms with Crippen molar-refractivity contribution in [2.45, 2.75) is 6.18 Å². The number of nitrogens with zero attached hydrogens (tertiary/aromatic N) is 2. The zero-order chi connectivity index (χ0) is 16.2. The SMILES string of the molecule is CN(C)c1ccc(C(=O)N(CC(=O)O)CC(F)(F)F)cc1. The average Bonchev–Trinajstić information content (AvgIpc) is 2.35. The van der Waals surface area contributed by atoms with E-state index in [4.69, 9.17) is 5.11 Å². The number of halogens is 3. The number of anilines is 1. The number of hydrogen-bond donors (Lipinski definition) is 1. The van der Waals surface area contributed by atoms with Gasteiger partial charge in [0.25, 0.3) is 5.91 Å². The van der Waals surface area contributed by atoms with Gasteiger partial charge in [-0.25, -0.2) is 0 Å². The molecular formula is C13H15F3N2O3. The summed E-state index contributed by atoms with van der Waals surface area (Å²) in [5.41, 5.74) is 0.776. The predicted molar refractivity (Wildman–Crippen MR) is 70.4 cm³/mol. The van der Waals surface area contributed by atoms with Crippen molar-refractivity contribution in [2.75, 3.05) is 32.1 Å². The maximum Gasteiger partial charge on any atom is 0.406 e. The summed E-state index contributed by atoms with van der Waals surface area (Å²) in [6.45, 7) is -2.61. The molecule has 0 fully saturated rings. The molecule has 0 unspecified atom stereocenters. The second kappa shape index (κ2) is 6.47. The van der Waals surface area contributed by atoms with Gasteiger partial charge in [-0.3, -0.25) is 9.59 Å². The molecule has 8 heteroatoms. The molecule has 1 rings (SSSR count). The molecule has 0 atom stereocenters. The maximum absolute atomic E-state index is 12.4. The molecule has 1 aromatic carbocycles. The number of aliphatic carboxylic acids is 1. The highest BCUT2D eigenvalue weighted by atomic mass is 19.4. The van der Waals surface area contributed by atoms with Gasteiger partial charge in [0, 0.05) is 25.3 Å². The van der Waals surface area contributed by atoms with E-state index in [0.29, 0.717) is 0 Å². The third-order valence-electron chi connectivity index (χ3n) is 2.61. The average molecular weight is 304 g/mol. The monoisotopic (exact) mass is 304 g/mol. The fraction of sp³-hybridized carbons (Fsp3) is 0.385. The summed E-state index contributed by atoms with van der Waals surface area (Å²) in [4.78, 5) is 24.6. The van der Waals surface area contributed by atoms with Gasteiger partial charge in [0.1, 0.15) is 13.1 Å². The van der Waals surface area contributed by atoms with E-state index in [2.05, 4.69) is 0 Å². The van der Waals surface area contributed by atoms with Gasteiger partial charge < -0.3 is 14.9 Å². The van der Waals surface area contributed by atoms with Crippen LogP contribution in [0.3, 0.4) is 0 Å². The summed E-state index contributed by atoms with van der Waals surface area (Å²) in [5.74, 6) is -2.47. The third kappa shape index (κ3) is 5.33. The summed E-state index contributed by atoms with van der Waals surface area (Å²) in [5, 5.41) is 8.63. The zero-order valence-corrected chi connectivity index (χ0v) is 11.5. The molecular weight excluding hydrogens is 289 g/mol. The van der Waals surface area contributed by atoms with Crippen LogP contribution in [-0.2, 0) is 4.79 Å². The van der Waals surface area contributed by atoms with E-state index < -0.39 is 31.1 Å². The normalized spacial score (nSPS) is 11.1. The van der Waals surface area contributed by atoms with Crippen LogP contribution in [0.1, 0.15) is 10.4 Å².